The molecule has 1 saturated carbocycles. The molecule has 1 aromatic rings. The Morgan fingerprint density at radius 2 is 1.90 bits per heavy atom. The maximum atomic E-state index is 12.0. The Morgan fingerprint density at radius 3 is 2.55 bits per heavy atom. The van der Waals surface area contributed by atoms with Gasteiger partial charge in [-0.3, -0.25) is 10.1 Å². The summed E-state index contributed by atoms with van der Waals surface area (Å²) < 4.78 is 0. The van der Waals surface area contributed by atoms with Crippen LogP contribution in [0.1, 0.15) is 36.2 Å². The summed E-state index contributed by atoms with van der Waals surface area (Å²) >= 11 is 5.71. The van der Waals surface area contributed by atoms with Crippen LogP contribution in [0.15, 0.2) is 4.99 Å². The average molecular weight is 298 g/mol. The van der Waals surface area contributed by atoms with Crippen LogP contribution < -0.4 is 22.5 Å². The van der Waals surface area contributed by atoms with Crippen molar-refractivity contribution in [3.63, 3.8) is 0 Å². The lowest BCUT2D eigenvalue weighted by Gasteiger charge is -2.09. The lowest BCUT2D eigenvalue weighted by atomic mass is 10.3. The maximum Gasteiger partial charge on any atom is 0.280 e. The molecule has 0 spiro atoms. The van der Waals surface area contributed by atoms with Crippen molar-refractivity contribution in [3.05, 3.63) is 10.8 Å². The monoisotopic (exact) mass is 297 g/mol. The van der Waals surface area contributed by atoms with Gasteiger partial charge in [0.15, 0.2) is 28.4 Å². The van der Waals surface area contributed by atoms with Gasteiger partial charge in [0.1, 0.15) is 0 Å². The topological polar surface area (TPSA) is 145 Å². The molecule has 8 nitrogen and oxygen atoms in total. The number of nitrogens with one attached hydrogen (secondary N) is 1. The molecule has 1 amide bonds. The number of anilines is 2. The number of carbonyl (C=O) groups excluding carboxylic acids is 1. The highest BCUT2D eigenvalue weighted by Crippen LogP contribution is 2.20. The fourth-order valence-electron chi connectivity index (χ4n) is 2.05. The SMILES string of the molecule is NC(=NC1CCCC1)NC(=O)c1nc(Cl)c(N)nc1N. The zero-order valence-corrected chi connectivity index (χ0v) is 11.5. The zero-order valence-electron chi connectivity index (χ0n) is 10.8. The third-order valence-electron chi connectivity index (χ3n) is 3.01. The minimum atomic E-state index is -0.615. The third-order valence-corrected chi connectivity index (χ3v) is 3.29. The van der Waals surface area contributed by atoms with Crippen molar-refractivity contribution in [3.8, 4) is 0 Å². The van der Waals surface area contributed by atoms with Crippen molar-refractivity contribution in [2.45, 2.75) is 31.7 Å². The van der Waals surface area contributed by atoms with Crippen molar-refractivity contribution in [1.82, 2.24) is 15.3 Å². The predicted molar refractivity (Wildman–Crippen MR) is 77.2 cm³/mol. The molecule has 1 fully saturated rings. The third kappa shape index (κ3) is 3.27. The molecule has 0 saturated heterocycles. The van der Waals surface area contributed by atoms with E-state index in [9.17, 15) is 4.79 Å². The van der Waals surface area contributed by atoms with Crippen molar-refractivity contribution in [2.75, 3.05) is 11.5 Å². The van der Waals surface area contributed by atoms with Gasteiger partial charge in [0.25, 0.3) is 5.91 Å². The molecule has 0 bridgehead atoms. The van der Waals surface area contributed by atoms with Gasteiger partial charge in [0, 0.05) is 0 Å². The fraction of sp³-hybridized carbons (Fsp3) is 0.455. The normalized spacial score (nSPS) is 16.4. The second-order valence-corrected chi connectivity index (χ2v) is 4.90. The standard InChI is InChI=1S/C11H16ClN7O/c12-7-9(14)18-8(13)6(17-7)10(20)19-11(15)16-5-3-1-2-4-5/h5H,1-4H2,(H4,13,14,18)(H3,15,16,19,20). The summed E-state index contributed by atoms with van der Waals surface area (Å²) in [6.07, 6.45) is 4.21. The van der Waals surface area contributed by atoms with E-state index >= 15 is 0 Å². The molecule has 0 radical (unpaired) electrons. The molecule has 1 aliphatic carbocycles. The largest absolute Gasteiger partial charge is 0.382 e. The molecule has 7 N–H and O–H groups in total. The van der Waals surface area contributed by atoms with Crippen molar-refractivity contribution in [1.29, 1.82) is 0 Å². The smallest absolute Gasteiger partial charge is 0.280 e. The van der Waals surface area contributed by atoms with Crippen LogP contribution in [0.25, 0.3) is 0 Å². The van der Waals surface area contributed by atoms with Crippen molar-refractivity contribution < 1.29 is 4.79 Å². The Kier molecular flexibility index (Phi) is 4.23. The Morgan fingerprint density at radius 1 is 1.25 bits per heavy atom. The Hall–Kier alpha value is -2.09. The van der Waals surface area contributed by atoms with E-state index in [2.05, 4.69) is 20.3 Å². The molecule has 0 atom stereocenters. The molecule has 1 aromatic heterocycles. The van der Waals surface area contributed by atoms with Crippen LogP contribution in [0.2, 0.25) is 5.15 Å². The number of nitrogens with zero attached hydrogens (tertiary/aromatic N) is 3. The number of nitrogens with two attached hydrogens (primary N) is 3. The maximum absolute atomic E-state index is 12.0. The summed E-state index contributed by atoms with van der Waals surface area (Å²) in [5.74, 6) is -0.724. The summed E-state index contributed by atoms with van der Waals surface area (Å²) in [6, 6.07) is 0.161. The van der Waals surface area contributed by atoms with Crippen molar-refractivity contribution in [2.24, 2.45) is 10.7 Å². The number of carbonyl (C=O) groups is 1. The van der Waals surface area contributed by atoms with Gasteiger partial charge >= 0.3 is 0 Å². The highest BCUT2D eigenvalue weighted by atomic mass is 35.5. The first-order valence-electron chi connectivity index (χ1n) is 6.20. The van der Waals surface area contributed by atoms with Gasteiger partial charge in [-0.1, -0.05) is 24.4 Å². The van der Waals surface area contributed by atoms with Crippen LogP contribution >= 0.6 is 11.6 Å². The molecular formula is C11H16ClN7O. The number of guanidine groups is 1. The van der Waals surface area contributed by atoms with Gasteiger partial charge in [-0.15, -0.1) is 0 Å². The van der Waals surface area contributed by atoms with Gasteiger partial charge < -0.3 is 17.2 Å². The van der Waals surface area contributed by atoms with E-state index in [1.54, 1.807) is 0 Å². The molecule has 1 aliphatic rings. The first kappa shape index (κ1) is 14.3. The molecule has 108 valence electrons. The Balaban J connectivity index is 2.09. The van der Waals surface area contributed by atoms with Gasteiger partial charge in [-0.2, -0.15) is 0 Å². The molecule has 2 rings (SSSR count). The summed E-state index contributed by atoms with van der Waals surface area (Å²) in [6.45, 7) is 0. The molecular weight excluding hydrogens is 282 g/mol. The van der Waals surface area contributed by atoms with E-state index in [1.165, 1.54) is 0 Å². The second-order valence-electron chi connectivity index (χ2n) is 4.54. The first-order chi connectivity index (χ1) is 9.47. The van der Waals surface area contributed by atoms with Crippen LogP contribution in [0.5, 0.6) is 0 Å². The van der Waals surface area contributed by atoms with E-state index in [0.717, 1.165) is 25.7 Å². The highest BCUT2D eigenvalue weighted by molar-refractivity contribution is 6.31. The number of nitrogen functional groups attached to an aromatic ring is 2. The molecule has 0 unspecified atom stereocenters. The van der Waals surface area contributed by atoms with E-state index < -0.39 is 5.91 Å². The van der Waals surface area contributed by atoms with E-state index in [0.29, 0.717) is 0 Å². The summed E-state index contributed by atoms with van der Waals surface area (Å²) in [5.41, 5.74) is 16.6. The van der Waals surface area contributed by atoms with Crippen LogP contribution in [0, 0.1) is 0 Å². The molecule has 1 heterocycles. The highest BCUT2D eigenvalue weighted by Gasteiger charge is 2.18. The molecule has 20 heavy (non-hydrogen) atoms. The van der Waals surface area contributed by atoms with Crippen LogP contribution in [0.4, 0.5) is 11.6 Å². The van der Waals surface area contributed by atoms with Gasteiger partial charge in [0.05, 0.1) is 6.04 Å². The fourth-order valence-corrected chi connectivity index (χ4v) is 2.17. The summed E-state index contributed by atoms with van der Waals surface area (Å²) in [7, 11) is 0. The minimum Gasteiger partial charge on any atom is -0.382 e. The van der Waals surface area contributed by atoms with Gasteiger partial charge in [0.2, 0.25) is 0 Å². The first-order valence-corrected chi connectivity index (χ1v) is 6.58. The van der Waals surface area contributed by atoms with E-state index in [1.807, 2.05) is 0 Å². The van der Waals surface area contributed by atoms with E-state index in [-0.39, 0.29) is 34.5 Å². The summed E-state index contributed by atoms with van der Waals surface area (Å²) in [5, 5.41) is 2.33. The number of hydrogen-bond donors (Lipinski definition) is 4. The van der Waals surface area contributed by atoms with Crippen molar-refractivity contribution >= 4 is 35.1 Å². The van der Waals surface area contributed by atoms with Crippen LogP contribution in [0.3, 0.4) is 0 Å². The van der Waals surface area contributed by atoms with Crippen LogP contribution in [-0.2, 0) is 0 Å². The molecule has 0 aromatic carbocycles. The Bertz CT molecular complexity index is 554. The summed E-state index contributed by atoms with van der Waals surface area (Å²) in [4.78, 5) is 23.7. The quantitative estimate of drug-likeness (QED) is 0.455. The number of hydrogen-bond acceptors (Lipinski definition) is 6. The minimum absolute atomic E-state index is 0.0340. The van der Waals surface area contributed by atoms with Crippen LogP contribution in [-0.4, -0.2) is 27.9 Å². The molecule has 9 heteroatoms. The lowest BCUT2D eigenvalue weighted by Crippen LogP contribution is -2.38. The van der Waals surface area contributed by atoms with Gasteiger partial charge in [-0.05, 0) is 12.8 Å². The number of halogens is 1. The van der Waals surface area contributed by atoms with E-state index in [4.69, 9.17) is 28.8 Å². The number of aromatic nitrogens is 2. The molecule has 0 aliphatic heterocycles. The number of rotatable bonds is 2. The number of amides is 1. The Labute approximate surface area is 120 Å². The predicted octanol–water partition coefficient (Wildman–Crippen LogP) is 0.281. The lowest BCUT2D eigenvalue weighted by molar-refractivity contribution is 0.0972. The second kappa shape index (κ2) is 5.91. The average Bonchev–Trinajstić information content (AvgIpc) is 2.86. The van der Waals surface area contributed by atoms with Gasteiger partial charge in [-0.25, -0.2) is 15.0 Å². The number of aliphatic imine (C=N–C) groups is 1. The zero-order chi connectivity index (χ0) is 14.7.